The first-order chi connectivity index (χ1) is 7.88. The lowest BCUT2D eigenvalue weighted by Gasteiger charge is -2.11. The molecule has 1 atom stereocenters. The molecule has 16 heavy (non-hydrogen) atoms. The van der Waals surface area contributed by atoms with Crippen molar-refractivity contribution in [3.63, 3.8) is 0 Å². The van der Waals surface area contributed by atoms with Gasteiger partial charge in [0.15, 0.2) is 5.90 Å². The van der Waals surface area contributed by atoms with Gasteiger partial charge in [-0.2, -0.15) is 0 Å². The Labute approximate surface area is 96.3 Å². The van der Waals surface area contributed by atoms with Crippen LogP contribution in [0.4, 0.5) is 0 Å². The molecule has 86 valence electrons. The van der Waals surface area contributed by atoms with Gasteiger partial charge in [-0.3, -0.25) is 4.99 Å². The molecule has 1 aliphatic heterocycles. The highest BCUT2D eigenvalue weighted by Crippen LogP contribution is 2.13. The van der Waals surface area contributed by atoms with Gasteiger partial charge >= 0.3 is 0 Å². The first-order valence-electron chi connectivity index (χ1n) is 5.82. The zero-order valence-corrected chi connectivity index (χ0v) is 9.43. The van der Waals surface area contributed by atoms with Crippen molar-refractivity contribution in [2.75, 3.05) is 13.1 Å². The Kier molecular flexibility index (Phi) is 3.94. The normalized spacial score (nSPS) is 19.3. The lowest BCUT2D eigenvalue weighted by atomic mass is 10.1. The number of nitrogens with two attached hydrogens (primary N) is 1. The Morgan fingerprint density at radius 2 is 2.12 bits per heavy atom. The van der Waals surface area contributed by atoms with Gasteiger partial charge in [0.2, 0.25) is 0 Å². The van der Waals surface area contributed by atoms with Crippen LogP contribution in [0.1, 0.15) is 18.4 Å². The molecule has 0 radical (unpaired) electrons. The predicted molar refractivity (Wildman–Crippen MR) is 65.6 cm³/mol. The van der Waals surface area contributed by atoms with Gasteiger partial charge in [-0.15, -0.1) is 0 Å². The van der Waals surface area contributed by atoms with E-state index in [2.05, 4.69) is 29.3 Å². The summed E-state index contributed by atoms with van der Waals surface area (Å²) >= 11 is 0. The van der Waals surface area contributed by atoms with Gasteiger partial charge in [0.05, 0.1) is 6.54 Å². The van der Waals surface area contributed by atoms with Crippen LogP contribution in [0.25, 0.3) is 0 Å². The Hall–Kier alpha value is -1.35. The van der Waals surface area contributed by atoms with E-state index in [9.17, 15) is 0 Å². The van der Waals surface area contributed by atoms with Crippen molar-refractivity contribution in [1.82, 2.24) is 0 Å². The van der Waals surface area contributed by atoms with Crippen molar-refractivity contribution < 1.29 is 4.74 Å². The molecule has 0 spiro atoms. The smallest absolute Gasteiger partial charge is 0.183 e. The number of ether oxygens (including phenoxy) is 1. The van der Waals surface area contributed by atoms with Crippen LogP contribution in [0.15, 0.2) is 35.3 Å². The second kappa shape index (κ2) is 5.66. The van der Waals surface area contributed by atoms with Crippen molar-refractivity contribution in [3.8, 4) is 0 Å². The highest BCUT2D eigenvalue weighted by molar-refractivity contribution is 5.77. The summed E-state index contributed by atoms with van der Waals surface area (Å²) in [5.41, 5.74) is 6.76. The topological polar surface area (TPSA) is 47.6 Å². The fraction of sp³-hybridized carbons (Fsp3) is 0.462. The molecule has 0 saturated heterocycles. The van der Waals surface area contributed by atoms with E-state index in [1.54, 1.807) is 0 Å². The minimum atomic E-state index is 0.218. The summed E-state index contributed by atoms with van der Waals surface area (Å²) in [7, 11) is 0. The van der Waals surface area contributed by atoms with Gasteiger partial charge in [-0.05, 0) is 18.5 Å². The molecule has 2 rings (SSSR count). The summed E-state index contributed by atoms with van der Waals surface area (Å²) in [6.07, 6.45) is 2.99. The van der Waals surface area contributed by atoms with Crippen molar-refractivity contribution in [2.24, 2.45) is 10.7 Å². The predicted octanol–water partition coefficient (Wildman–Crippen LogP) is 1.77. The molecule has 2 N–H and O–H groups in total. The van der Waals surface area contributed by atoms with E-state index >= 15 is 0 Å². The Morgan fingerprint density at radius 1 is 1.31 bits per heavy atom. The van der Waals surface area contributed by atoms with E-state index in [1.807, 2.05) is 6.07 Å². The summed E-state index contributed by atoms with van der Waals surface area (Å²) in [5, 5.41) is 0. The molecule has 3 nitrogen and oxygen atoms in total. The summed E-state index contributed by atoms with van der Waals surface area (Å²) in [5.74, 6) is 0.881. The van der Waals surface area contributed by atoms with Crippen molar-refractivity contribution in [2.45, 2.75) is 25.4 Å². The van der Waals surface area contributed by atoms with Gasteiger partial charge in [-0.25, -0.2) is 0 Å². The summed E-state index contributed by atoms with van der Waals surface area (Å²) in [6, 6.07) is 10.4. The molecule has 0 aliphatic carbocycles. The summed E-state index contributed by atoms with van der Waals surface area (Å²) < 4.78 is 5.76. The van der Waals surface area contributed by atoms with E-state index in [1.165, 1.54) is 5.56 Å². The number of aliphatic imine (C=N–C) groups is 1. The average molecular weight is 218 g/mol. The molecular weight excluding hydrogens is 200 g/mol. The van der Waals surface area contributed by atoms with Crippen molar-refractivity contribution in [3.05, 3.63) is 35.9 Å². The highest BCUT2D eigenvalue weighted by atomic mass is 16.5. The second-order valence-electron chi connectivity index (χ2n) is 4.06. The van der Waals surface area contributed by atoms with E-state index < -0.39 is 0 Å². The Bertz CT molecular complexity index is 348. The largest absolute Gasteiger partial charge is 0.475 e. The minimum Gasteiger partial charge on any atom is -0.475 e. The first-order valence-corrected chi connectivity index (χ1v) is 5.82. The molecule has 3 heteroatoms. The third-order valence-corrected chi connectivity index (χ3v) is 2.67. The number of benzene rings is 1. The molecule has 1 heterocycles. The zero-order chi connectivity index (χ0) is 11.2. The number of nitrogens with zero attached hydrogens (tertiary/aromatic N) is 1. The second-order valence-corrected chi connectivity index (χ2v) is 4.06. The standard InChI is InChI=1S/C13H18N2O/c14-8-4-7-13-15-10-12(16-13)9-11-5-2-1-3-6-11/h1-3,5-6,12H,4,7-10,14H2. The Balaban J connectivity index is 1.79. The van der Waals surface area contributed by atoms with Gasteiger partial charge in [0.1, 0.15) is 6.10 Å². The molecule has 0 bridgehead atoms. The average Bonchev–Trinajstić information content (AvgIpc) is 2.75. The zero-order valence-electron chi connectivity index (χ0n) is 9.43. The van der Waals surface area contributed by atoms with Crippen LogP contribution in [0.3, 0.4) is 0 Å². The fourth-order valence-corrected chi connectivity index (χ4v) is 1.85. The van der Waals surface area contributed by atoms with Gasteiger partial charge in [-0.1, -0.05) is 30.3 Å². The maximum atomic E-state index is 5.76. The SMILES string of the molecule is NCCCC1=NCC(Cc2ccccc2)O1. The highest BCUT2D eigenvalue weighted by Gasteiger charge is 2.19. The van der Waals surface area contributed by atoms with Crippen LogP contribution < -0.4 is 5.73 Å². The molecule has 1 aromatic carbocycles. The van der Waals surface area contributed by atoms with Gasteiger partial charge in [0.25, 0.3) is 0 Å². The molecular formula is C13H18N2O. The number of hydrogen-bond acceptors (Lipinski definition) is 3. The molecule has 1 aliphatic rings. The maximum Gasteiger partial charge on any atom is 0.183 e. The molecule has 0 amide bonds. The summed E-state index contributed by atoms with van der Waals surface area (Å²) in [6.45, 7) is 1.49. The third-order valence-electron chi connectivity index (χ3n) is 2.67. The fourth-order valence-electron chi connectivity index (χ4n) is 1.85. The van der Waals surface area contributed by atoms with Gasteiger partial charge in [0, 0.05) is 12.8 Å². The maximum absolute atomic E-state index is 5.76. The van der Waals surface area contributed by atoms with Crippen LogP contribution in [0.5, 0.6) is 0 Å². The third kappa shape index (κ3) is 3.07. The van der Waals surface area contributed by atoms with Crippen LogP contribution in [0.2, 0.25) is 0 Å². The number of hydrogen-bond donors (Lipinski definition) is 1. The van der Waals surface area contributed by atoms with E-state index in [4.69, 9.17) is 10.5 Å². The minimum absolute atomic E-state index is 0.218. The van der Waals surface area contributed by atoms with E-state index in [0.29, 0.717) is 6.54 Å². The van der Waals surface area contributed by atoms with Gasteiger partial charge < -0.3 is 10.5 Å². The van der Waals surface area contributed by atoms with Crippen LogP contribution in [-0.4, -0.2) is 25.1 Å². The lowest BCUT2D eigenvalue weighted by molar-refractivity contribution is 0.218. The molecule has 0 saturated carbocycles. The van der Waals surface area contributed by atoms with Crippen LogP contribution in [0, 0.1) is 0 Å². The lowest BCUT2D eigenvalue weighted by Crippen LogP contribution is -2.16. The molecule has 0 fully saturated rings. The van der Waals surface area contributed by atoms with Crippen LogP contribution in [-0.2, 0) is 11.2 Å². The summed E-state index contributed by atoms with van der Waals surface area (Å²) in [4.78, 5) is 4.39. The van der Waals surface area contributed by atoms with E-state index in [0.717, 1.165) is 31.7 Å². The monoisotopic (exact) mass is 218 g/mol. The molecule has 1 unspecified atom stereocenters. The number of rotatable bonds is 5. The quantitative estimate of drug-likeness (QED) is 0.818. The first kappa shape index (κ1) is 11.1. The Morgan fingerprint density at radius 3 is 2.88 bits per heavy atom. The molecule has 0 aromatic heterocycles. The van der Waals surface area contributed by atoms with Crippen molar-refractivity contribution >= 4 is 5.90 Å². The van der Waals surface area contributed by atoms with E-state index in [-0.39, 0.29) is 6.10 Å². The van der Waals surface area contributed by atoms with Crippen molar-refractivity contribution in [1.29, 1.82) is 0 Å². The van der Waals surface area contributed by atoms with Crippen LogP contribution >= 0.6 is 0 Å². The molecule has 1 aromatic rings.